The number of aliphatic hydroxyl groups is 1. The Morgan fingerprint density at radius 3 is 2.81 bits per heavy atom. The average molecular weight is 304 g/mol. The molecule has 0 unspecified atom stereocenters. The van der Waals surface area contributed by atoms with Gasteiger partial charge in [-0.25, -0.2) is 4.68 Å². The highest BCUT2D eigenvalue weighted by atomic mass is 32.1. The van der Waals surface area contributed by atoms with Gasteiger partial charge in [-0.05, 0) is 25.1 Å². The molecule has 0 bridgehead atoms. The van der Waals surface area contributed by atoms with Crippen molar-refractivity contribution in [1.29, 1.82) is 0 Å². The van der Waals surface area contributed by atoms with Gasteiger partial charge < -0.3 is 9.67 Å². The van der Waals surface area contributed by atoms with Crippen LogP contribution in [0.1, 0.15) is 12.8 Å². The van der Waals surface area contributed by atoms with Crippen LogP contribution in [0.5, 0.6) is 0 Å². The van der Waals surface area contributed by atoms with E-state index in [0.29, 0.717) is 18.0 Å². The number of likely N-dealkylation sites (tertiary alicyclic amines) is 1. The quantitative estimate of drug-likeness (QED) is 0.882. The number of aromatic nitrogens is 3. The molecular formula is C15H20N4OS. The van der Waals surface area contributed by atoms with E-state index in [2.05, 4.69) is 10.00 Å². The summed E-state index contributed by atoms with van der Waals surface area (Å²) in [7, 11) is 1.94. The summed E-state index contributed by atoms with van der Waals surface area (Å²) in [6.07, 6.45) is 1.68. The Labute approximate surface area is 129 Å². The maximum atomic E-state index is 9.76. The fourth-order valence-electron chi connectivity index (χ4n) is 2.77. The van der Waals surface area contributed by atoms with Gasteiger partial charge in [0.15, 0.2) is 10.6 Å². The minimum Gasteiger partial charge on any atom is -0.392 e. The van der Waals surface area contributed by atoms with Crippen molar-refractivity contribution in [2.24, 2.45) is 7.05 Å². The van der Waals surface area contributed by atoms with Crippen molar-refractivity contribution in [1.82, 2.24) is 19.2 Å². The van der Waals surface area contributed by atoms with Crippen LogP contribution in [0.25, 0.3) is 11.4 Å². The largest absolute Gasteiger partial charge is 0.392 e. The van der Waals surface area contributed by atoms with Gasteiger partial charge in [-0.1, -0.05) is 30.3 Å². The Kier molecular flexibility index (Phi) is 4.19. The molecule has 0 saturated carbocycles. The fourth-order valence-corrected chi connectivity index (χ4v) is 2.95. The van der Waals surface area contributed by atoms with Gasteiger partial charge in [-0.15, -0.1) is 0 Å². The molecule has 1 aliphatic heterocycles. The molecule has 6 heteroatoms. The van der Waals surface area contributed by atoms with Crippen LogP contribution in [0, 0.1) is 4.77 Å². The number of hydrogen-bond acceptors (Lipinski definition) is 4. The van der Waals surface area contributed by atoms with Crippen LogP contribution in [0.3, 0.4) is 0 Å². The minimum atomic E-state index is -0.231. The molecule has 21 heavy (non-hydrogen) atoms. The highest BCUT2D eigenvalue weighted by Gasteiger charge is 2.19. The second-order valence-electron chi connectivity index (χ2n) is 5.55. The van der Waals surface area contributed by atoms with E-state index in [4.69, 9.17) is 12.2 Å². The van der Waals surface area contributed by atoms with E-state index in [1.807, 2.05) is 46.6 Å². The lowest BCUT2D eigenvalue weighted by Gasteiger charge is -2.29. The van der Waals surface area contributed by atoms with Gasteiger partial charge in [0.05, 0.1) is 12.8 Å². The van der Waals surface area contributed by atoms with Gasteiger partial charge in [-0.2, -0.15) is 5.10 Å². The Morgan fingerprint density at radius 1 is 1.33 bits per heavy atom. The van der Waals surface area contributed by atoms with E-state index < -0.39 is 0 Å². The first-order valence-corrected chi connectivity index (χ1v) is 7.65. The summed E-state index contributed by atoms with van der Waals surface area (Å²) in [6, 6.07) is 10.1. The fraction of sp³-hybridized carbons (Fsp3) is 0.467. The third-order valence-electron chi connectivity index (χ3n) is 3.89. The maximum absolute atomic E-state index is 9.76. The van der Waals surface area contributed by atoms with Gasteiger partial charge in [0, 0.05) is 25.7 Å². The molecule has 1 atom stereocenters. The zero-order valence-corrected chi connectivity index (χ0v) is 13.0. The van der Waals surface area contributed by atoms with E-state index in [1.54, 1.807) is 0 Å². The molecule has 1 aliphatic rings. The number of hydrogen-bond donors (Lipinski definition) is 1. The van der Waals surface area contributed by atoms with Crippen LogP contribution in [-0.4, -0.2) is 43.5 Å². The van der Waals surface area contributed by atoms with E-state index >= 15 is 0 Å². The molecule has 0 aliphatic carbocycles. The van der Waals surface area contributed by atoms with E-state index in [-0.39, 0.29) is 6.10 Å². The Hall–Kier alpha value is -1.50. The van der Waals surface area contributed by atoms with Crippen molar-refractivity contribution in [3.63, 3.8) is 0 Å². The van der Waals surface area contributed by atoms with Crippen LogP contribution < -0.4 is 0 Å². The first-order chi connectivity index (χ1) is 10.1. The van der Waals surface area contributed by atoms with Crippen molar-refractivity contribution in [3.8, 4) is 11.4 Å². The summed E-state index contributed by atoms with van der Waals surface area (Å²) in [5, 5.41) is 14.4. The molecule has 0 amide bonds. The minimum absolute atomic E-state index is 0.231. The summed E-state index contributed by atoms with van der Waals surface area (Å²) in [5.41, 5.74) is 1.06. The first-order valence-electron chi connectivity index (χ1n) is 7.25. The number of piperidine rings is 1. The molecule has 2 aromatic rings. The van der Waals surface area contributed by atoms with Crippen molar-refractivity contribution in [2.75, 3.05) is 13.1 Å². The predicted octanol–water partition coefficient (Wildman–Crippen LogP) is 2.03. The Morgan fingerprint density at radius 2 is 2.10 bits per heavy atom. The third kappa shape index (κ3) is 3.07. The number of β-amino-alcohol motifs (C(OH)–C–C–N with tert-alkyl or cyclic N) is 1. The third-order valence-corrected chi connectivity index (χ3v) is 4.37. The number of rotatable bonds is 3. The number of benzene rings is 1. The second kappa shape index (κ2) is 6.09. The lowest BCUT2D eigenvalue weighted by Crippen LogP contribution is -2.39. The molecule has 1 aromatic heterocycles. The van der Waals surface area contributed by atoms with E-state index in [0.717, 1.165) is 30.8 Å². The van der Waals surface area contributed by atoms with Crippen molar-refractivity contribution in [3.05, 3.63) is 35.1 Å². The van der Waals surface area contributed by atoms with Gasteiger partial charge in [0.25, 0.3) is 0 Å². The summed E-state index contributed by atoms with van der Waals surface area (Å²) < 4.78 is 4.48. The highest BCUT2D eigenvalue weighted by Crippen LogP contribution is 2.17. The zero-order valence-electron chi connectivity index (χ0n) is 12.1. The standard InChI is InChI=1S/C15H20N4OS/c1-17-14(12-6-3-2-4-7-12)16-19(15(17)21)11-18-9-5-8-13(20)10-18/h2-4,6-7,13,20H,5,8-11H2,1H3/t13-/m1/s1. The molecule has 0 spiro atoms. The first kappa shape index (κ1) is 14.4. The van der Waals surface area contributed by atoms with Crippen LogP contribution >= 0.6 is 12.2 Å². The molecular weight excluding hydrogens is 284 g/mol. The van der Waals surface area contributed by atoms with Crippen molar-refractivity contribution in [2.45, 2.75) is 25.6 Å². The smallest absolute Gasteiger partial charge is 0.199 e. The van der Waals surface area contributed by atoms with Gasteiger partial charge in [-0.3, -0.25) is 4.90 Å². The summed E-state index contributed by atoms with van der Waals surface area (Å²) >= 11 is 5.49. The molecule has 5 nitrogen and oxygen atoms in total. The number of aliphatic hydroxyl groups excluding tert-OH is 1. The Balaban J connectivity index is 1.85. The molecule has 3 rings (SSSR count). The predicted molar refractivity (Wildman–Crippen MR) is 84.3 cm³/mol. The summed E-state index contributed by atoms with van der Waals surface area (Å²) in [6.45, 7) is 2.31. The lowest BCUT2D eigenvalue weighted by molar-refractivity contribution is 0.0513. The van der Waals surface area contributed by atoms with Gasteiger partial charge >= 0.3 is 0 Å². The molecule has 1 aromatic carbocycles. The monoisotopic (exact) mass is 304 g/mol. The van der Waals surface area contributed by atoms with Gasteiger partial charge in [0.1, 0.15) is 0 Å². The molecule has 0 radical (unpaired) electrons. The summed E-state index contributed by atoms with van der Waals surface area (Å²) in [5.74, 6) is 0.873. The molecule has 112 valence electrons. The van der Waals surface area contributed by atoms with Crippen LogP contribution in [0.4, 0.5) is 0 Å². The zero-order chi connectivity index (χ0) is 14.8. The number of nitrogens with zero attached hydrogens (tertiary/aromatic N) is 4. The molecule has 1 fully saturated rings. The molecule has 2 heterocycles. The van der Waals surface area contributed by atoms with Crippen molar-refractivity contribution < 1.29 is 5.11 Å². The normalized spacial score (nSPS) is 19.8. The maximum Gasteiger partial charge on any atom is 0.199 e. The lowest BCUT2D eigenvalue weighted by atomic mass is 10.1. The van der Waals surface area contributed by atoms with Gasteiger partial charge in [0.2, 0.25) is 0 Å². The van der Waals surface area contributed by atoms with Crippen molar-refractivity contribution >= 4 is 12.2 Å². The summed E-state index contributed by atoms with van der Waals surface area (Å²) in [4.78, 5) is 2.20. The Bertz CT molecular complexity index is 664. The highest BCUT2D eigenvalue weighted by molar-refractivity contribution is 7.71. The van der Waals surface area contributed by atoms with Crippen LogP contribution in [-0.2, 0) is 13.7 Å². The van der Waals surface area contributed by atoms with E-state index in [1.165, 1.54) is 0 Å². The average Bonchev–Trinajstić information content (AvgIpc) is 2.77. The second-order valence-corrected chi connectivity index (χ2v) is 5.91. The topological polar surface area (TPSA) is 46.2 Å². The van der Waals surface area contributed by atoms with Crippen LogP contribution in [0.15, 0.2) is 30.3 Å². The van der Waals surface area contributed by atoms with E-state index in [9.17, 15) is 5.11 Å². The molecule has 1 saturated heterocycles. The SMILES string of the molecule is Cn1c(-c2ccccc2)nn(CN2CCC[C@@H](O)C2)c1=S. The molecule has 1 N–H and O–H groups in total. The van der Waals surface area contributed by atoms with Crippen LogP contribution in [0.2, 0.25) is 0 Å².